The van der Waals surface area contributed by atoms with Crippen molar-refractivity contribution in [1.82, 2.24) is 10.2 Å². The minimum atomic E-state index is 0.191. The molecule has 4 bridgehead atoms. The molecular weight excluding hydrogens is 252 g/mol. The van der Waals surface area contributed by atoms with Crippen LogP contribution < -0.4 is 10.9 Å². The van der Waals surface area contributed by atoms with Crippen LogP contribution in [-0.4, -0.2) is 16.0 Å². The summed E-state index contributed by atoms with van der Waals surface area (Å²) in [5.41, 5.74) is 8.77. The second-order valence-electron chi connectivity index (χ2n) is 4.91. The Morgan fingerprint density at radius 2 is 1.95 bits per heavy atom. The van der Waals surface area contributed by atoms with Crippen LogP contribution in [0, 0.1) is 0 Å². The van der Waals surface area contributed by atoms with E-state index in [4.69, 9.17) is 0 Å². The van der Waals surface area contributed by atoms with E-state index in [0.717, 1.165) is 36.1 Å². The van der Waals surface area contributed by atoms with E-state index in [1.54, 1.807) is 6.20 Å². The highest BCUT2D eigenvalue weighted by atomic mass is 16.1. The van der Waals surface area contributed by atoms with Gasteiger partial charge in [0.1, 0.15) is 0 Å². The lowest BCUT2D eigenvalue weighted by Crippen LogP contribution is -2.11. The van der Waals surface area contributed by atoms with Crippen LogP contribution in [0.25, 0.3) is 0 Å². The van der Waals surface area contributed by atoms with Gasteiger partial charge in [-0.15, -0.1) is 5.10 Å². The summed E-state index contributed by atoms with van der Waals surface area (Å²) in [7, 11) is 0. The first-order valence-corrected chi connectivity index (χ1v) is 6.78. The largest absolute Gasteiger partial charge is 0.300 e. The fourth-order valence-corrected chi connectivity index (χ4v) is 2.27. The van der Waals surface area contributed by atoms with Crippen molar-refractivity contribution in [3.05, 3.63) is 47.7 Å². The first-order valence-electron chi connectivity index (χ1n) is 6.78. The van der Waals surface area contributed by atoms with E-state index in [9.17, 15) is 4.79 Å². The van der Waals surface area contributed by atoms with Crippen molar-refractivity contribution in [2.24, 2.45) is 0 Å². The summed E-state index contributed by atoms with van der Waals surface area (Å²) in [6.07, 6.45) is 5.13. The third kappa shape index (κ3) is 2.93. The molecule has 1 aromatic heterocycles. The zero-order chi connectivity index (χ0) is 13.8. The predicted molar refractivity (Wildman–Crippen MR) is 77.6 cm³/mol. The molecule has 0 aliphatic carbocycles. The number of fused-ring (bicyclic) bond motifs is 4. The second kappa shape index (κ2) is 5.69. The zero-order valence-electron chi connectivity index (χ0n) is 11.1. The fourth-order valence-electron chi connectivity index (χ4n) is 2.27. The number of hydrogen-bond acceptors (Lipinski definition) is 5. The van der Waals surface area contributed by atoms with E-state index in [1.807, 2.05) is 30.3 Å². The number of aryl methyl sites for hydroxylation is 1. The lowest BCUT2D eigenvalue weighted by molar-refractivity contribution is 0.0979. The molecule has 1 aliphatic heterocycles. The lowest BCUT2D eigenvalue weighted by Gasteiger charge is -2.09. The third-order valence-electron chi connectivity index (χ3n) is 3.35. The number of nitrogens with zero attached hydrogens (tertiary/aromatic N) is 2. The number of Topliss-reactive ketones (excluding diaryl/α,β-unsaturated/α-hetero) is 1. The van der Waals surface area contributed by atoms with E-state index < -0.39 is 0 Å². The number of anilines is 2. The Morgan fingerprint density at radius 1 is 1.05 bits per heavy atom. The highest BCUT2D eigenvalue weighted by Crippen LogP contribution is 2.16. The molecule has 20 heavy (non-hydrogen) atoms. The van der Waals surface area contributed by atoms with Crippen LogP contribution in [0.2, 0.25) is 0 Å². The van der Waals surface area contributed by atoms with Crippen molar-refractivity contribution in [1.29, 1.82) is 0 Å². The zero-order valence-corrected chi connectivity index (χ0v) is 11.1. The highest BCUT2D eigenvalue weighted by molar-refractivity contribution is 5.96. The fraction of sp³-hybridized carbons (Fsp3) is 0.267. The van der Waals surface area contributed by atoms with E-state index >= 15 is 0 Å². The van der Waals surface area contributed by atoms with Crippen molar-refractivity contribution in [3.63, 3.8) is 0 Å². The SMILES string of the molecule is O=C1CCCCc2cnnc(c2)NNc2cccc1c2. The molecule has 1 aliphatic rings. The van der Waals surface area contributed by atoms with Gasteiger partial charge in [0.2, 0.25) is 0 Å². The molecule has 1 aromatic carbocycles. The van der Waals surface area contributed by atoms with Crippen molar-refractivity contribution >= 4 is 17.3 Å². The lowest BCUT2D eigenvalue weighted by atomic mass is 10.0. The number of hydrazine groups is 1. The van der Waals surface area contributed by atoms with Gasteiger partial charge in [-0.3, -0.25) is 15.6 Å². The summed E-state index contributed by atoms with van der Waals surface area (Å²) in [4.78, 5) is 12.1. The Kier molecular flexibility index (Phi) is 3.58. The van der Waals surface area contributed by atoms with E-state index in [2.05, 4.69) is 21.0 Å². The number of rotatable bonds is 0. The number of carbonyl (C=O) groups is 1. The Labute approximate surface area is 117 Å². The highest BCUT2D eigenvalue weighted by Gasteiger charge is 2.08. The van der Waals surface area contributed by atoms with Gasteiger partial charge in [0, 0.05) is 12.0 Å². The van der Waals surface area contributed by atoms with Gasteiger partial charge in [0.05, 0.1) is 11.9 Å². The topological polar surface area (TPSA) is 66.9 Å². The van der Waals surface area contributed by atoms with Crippen molar-refractivity contribution in [3.8, 4) is 0 Å². The molecule has 0 radical (unpaired) electrons. The predicted octanol–water partition coefficient (Wildman–Crippen LogP) is 2.82. The summed E-state index contributed by atoms with van der Waals surface area (Å²) >= 11 is 0. The molecule has 102 valence electrons. The molecule has 0 fully saturated rings. The first-order chi connectivity index (χ1) is 9.81. The number of benzene rings is 1. The van der Waals surface area contributed by atoms with Gasteiger partial charge in [-0.05, 0) is 43.0 Å². The summed E-state index contributed by atoms with van der Waals surface area (Å²) in [5.74, 6) is 0.870. The van der Waals surface area contributed by atoms with Crippen LogP contribution in [0.1, 0.15) is 35.2 Å². The summed E-state index contributed by atoms with van der Waals surface area (Å²) in [5, 5.41) is 8.01. The van der Waals surface area contributed by atoms with Gasteiger partial charge in [0.15, 0.2) is 11.6 Å². The molecule has 0 saturated carbocycles. The number of hydrogen-bond donors (Lipinski definition) is 2. The average molecular weight is 268 g/mol. The van der Waals surface area contributed by atoms with Crippen LogP contribution in [0.5, 0.6) is 0 Å². The normalized spacial score (nSPS) is 15.1. The molecule has 0 unspecified atom stereocenters. The Hall–Kier alpha value is -2.43. The average Bonchev–Trinajstić information content (AvgIpc) is 2.50. The van der Waals surface area contributed by atoms with Crippen LogP contribution in [0.3, 0.4) is 0 Å². The van der Waals surface area contributed by atoms with Gasteiger partial charge in [0.25, 0.3) is 0 Å². The maximum absolute atomic E-state index is 12.1. The van der Waals surface area contributed by atoms with Crippen LogP contribution in [0.4, 0.5) is 11.5 Å². The van der Waals surface area contributed by atoms with Gasteiger partial charge in [-0.1, -0.05) is 12.1 Å². The second-order valence-corrected chi connectivity index (χ2v) is 4.91. The minimum absolute atomic E-state index is 0.191. The maximum Gasteiger partial charge on any atom is 0.167 e. The van der Waals surface area contributed by atoms with Crippen LogP contribution >= 0.6 is 0 Å². The molecular formula is C15H16N4O. The molecule has 2 heterocycles. The maximum atomic E-state index is 12.1. The molecule has 5 heteroatoms. The van der Waals surface area contributed by atoms with Gasteiger partial charge in [-0.25, -0.2) is 0 Å². The minimum Gasteiger partial charge on any atom is -0.300 e. The van der Waals surface area contributed by atoms with Crippen LogP contribution in [0.15, 0.2) is 36.5 Å². The van der Waals surface area contributed by atoms with Crippen molar-refractivity contribution in [2.75, 3.05) is 10.9 Å². The van der Waals surface area contributed by atoms with E-state index in [-0.39, 0.29) is 5.78 Å². The monoisotopic (exact) mass is 268 g/mol. The van der Waals surface area contributed by atoms with E-state index in [1.165, 1.54) is 0 Å². The molecule has 2 aromatic rings. The molecule has 0 saturated heterocycles. The number of aromatic nitrogens is 2. The quantitative estimate of drug-likeness (QED) is 0.769. The first kappa shape index (κ1) is 12.6. The molecule has 0 spiro atoms. The summed E-state index contributed by atoms with van der Waals surface area (Å²) in [6, 6.07) is 9.46. The van der Waals surface area contributed by atoms with Gasteiger partial charge < -0.3 is 0 Å². The van der Waals surface area contributed by atoms with Gasteiger partial charge in [-0.2, -0.15) is 5.10 Å². The molecule has 0 amide bonds. The molecule has 5 nitrogen and oxygen atoms in total. The smallest absolute Gasteiger partial charge is 0.167 e. The summed E-state index contributed by atoms with van der Waals surface area (Å²) < 4.78 is 0. The Bertz CT molecular complexity index is 627. The van der Waals surface area contributed by atoms with E-state index in [0.29, 0.717) is 12.2 Å². The standard InChI is InChI=1S/C15H16N4O/c20-14-7-2-1-4-11-8-15(18-16-10-11)19-17-13-6-3-5-12(14)9-13/h3,5-6,8-10,17H,1-2,4,7H2,(H,18,19). The molecule has 0 atom stereocenters. The van der Waals surface area contributed by atoms with Gasteiger partial charge >= 0.3 is 0 Å². The Morgan fingerprint density at radius 3 is 2.90 bits per heavy atom. The summed E-state index contributed by atoms with van der Waals surface area (Å²) in [6.45, 7) is 0. The number of carbonyl (C=O) groups excluding carboxylic acids is 1. The number of nitrogens with one attached hydrogen (secondary N) is 2. The van der Waals surface area contributed by atoms with Crippen LogP contribution in [-0.2, 0) is 6.42 Å². The van der Waals surface area contributed by atoms with Crippen molar-refractivity contribution in [2.45, 2.75) is 25.7 Å². The Balaban J connectivity index is 1.89. The van der Waals surface area contributed by atoms with Crippen molar-refractivity contribution < 1.29 is 4.79 Å². The third-order valence-corrected chi connectivity index (χ3v) is 3.35. The molecule has 3 rings (SSSR count). The molecule has 2 N–H and O–H groups in total. The number of ketones is 1.